The smallest absolute Gasteiger partial charge is 0.0880 e. The van der Waals surface area contributed by atoms with E-state index in [0.29, 0.717) is 0 Å². The van der Waals surface area contributed by atoms with Gasteiger partial charge in [-0.2, -0.15) is 30.8 Å². The first-order valence-electron chi connectivity index (χ1n) is 6.14. The SMILES string of the molecule is CC(C)(CCC(C)(C)c1cn[nH]n1)c1cn[nH]n1. The van der Waals surface area contributed by atoms with Crippen molar-refractivity contribution in [1.29, 1.82) is 0 Å². The summed E-state index contributed by atoms with van der Waals surface area (Å²) in [4.78, 5) is 0. The molecule has 2 rings (SSSR count). The van der Waals surface area contributed by atoms with Gasteiger partial charge in [-0.15, -0.1) is 0 Å². The van der Waals surface area contributed by atoms with Crippen LogP contribution in [0.1, 0.15) is 51.9 Å². The molecule has 0 spiro atoms. The van der Waals surface area contributed by atoms with Crippen LogP contribution in [0.2, 0.25) is 0 Å². The third kappa shape index (κ3) is 2.57. The Balaban J connectivity index is 2.03. The molecule has 0 aliphatic rings. The molecule has 6 nitrogen and oxygen atoms in total. The summed E-state index contributed by atoms with van der Waals surface area (Å²) in [6, 6.07) is 0. The molecule has 0 bridgehead atoms. The fourth-order valence-corrected chi connectivity index (χ4v) is 1.94. The molecule has 0 amide bonds. The van der Waals surface area contributed by atoms with Crippen LogP contribution in [0, 0.1) is 0 Å². The van der Waals surface area contributed by atoms with Crippen molar-refractivity contribution in [3.63, 3.8) is 0 Å². The maximum Gasteiger partial charge on any atom is 0.0880 e. The maximum absolute atomic E-state index is 4.18. The lowest BCUT2D eigenvalue weighted by atomic mass is 9.76. The Morgan fingerprint density at radius 3 is 1.50 bits per heavy atom. The molecule has 98 valence electrons. The quantitative estimate of drug-likeness (QED) is 0.847. The Morgan fingerprint density at radius 1 is 0.833 bits per heavy atom. The number of nitrogens with zero attached hydrogens (tertiary/aromatic N) is 4. The third-order valence-electron chi connectivity index (χ3n) is 3.59. The van der Waals surface area contributed by atoms with Crippen LogP contribution in [0.25, 0.3) is 0 Å². The van der Waals surface area contributed by atoms with Crippen molar-refractivity contribution in [1.82, 2.24) is 30.8 Å². The zero-order chi connectivity index (χ0) is 13.2. The fraction of sp³-hybridized carbons (Fsp3) is 0.667. The number of rotatable bonds is 5. The van der Waals surface area contributed by atoms with Crippen LogP contribution in [-0.4, -0.2) is 30.8 Å². The number of hydrogen-bond acceptors (Lipinski definition) is 4. The maximum atomic E-state index is 4.18. The standard InChI is InChI=1S/C12H20N6/c1-11(2,9-7-13-17-15-9)5-6-12(3,4)10-8-14-18-16-10/h7-8H,5-6H2,1-4H3,(H,13,15,17)(H,14,16,18). The van der Waals surface area contributed by atoms with E-state index in [1.54, 1.807) is 12.4 Å². The molecule has 0 saturated carbocycles. The second-order valence-corrected chi connectivity index (χ2v) is 5.98. The molecule has 0 unspecified atom stereocenters. The Morgan fingerprint density at radius 2 is 1.22 bits per heavy atom. The van der Waals surface area contributed by atoms with Gasteiger partial charge in [0.25, 0.3) is 0 Å². The topological polar surface area (TPSA) is 83.1 Å². The van der Waals surface area contributed by atoms with E-state index in [1.165, 1.54) is 0 Å². The van der Waals surface area contributed by atoms with Crippen LogP contribution in [0.4, 0.5) is 0 Å². The molecule has 0 aromatic carbocycles. The molecule has 0 aliphatic carbocycles. The normalized spacial score (nSPS) is 12.9. The molecule has 0 radical (unpaired) electrons. The Bertz CT molecular complexity index is 422. The van der Waals surface area contributed by atoms with E-state index >= 15 is 0 Å². The predicted molar refractivity (Wildman–Crippen MR) is 68.1 cm³/mol. The van der Waals surface area contributed by atoms with Crippen LogP contribution in [0.3, 0.4) is 0 Å². The molecule has 18 heavy (non-hydrogen) atoms. The van der Waals surface area contributed by atoms with Crippen molar-refractivity contribution in [2.75, 3.05) is 0 Å². The van der Waals surface area contributed by atoms with E-state index < -0.39 is 0 Å². The summed E-state index contributed by atoms with van der Waals surface area (Å²) in [6.45, 7) is 8.74. The molecule has 0 aliphatic heterocycles. The van der Waals surface area contributed by atoms with Gasteiger partial charge >= 0.3 is 0 Å². The molecule has 0 fully saturated rings. The highest BCUT2D eigenvalue weighted by molar-refractivity contribution is 5.12. The second kappa shape index (κ2) is 4.51. The predicted octanol–water partition coefficient (Wildman–Crippen LogP) is 1.96. The highest BCUT2D eigenvalue weighted by atomic mass is 15.3. The van der Waals surface area contributed by atoms with Crippen molar-refractivity contribution < 1.29 is 0 Å². The summed E-state index contributed by atoms with van der Waals surface area (Å²) in [6.07, 6.45) is 5.62. The van der Waals surface area contributed by atoms with Crippen LogP contribution in [0.5, 0.6) is 0 Å². The van der Waals surface area contributed by atoms with Crippen molar-refractivity contribution >= 4 is 0 Å². The summed E-state index contributed by atoms with van der Waals surface area (Å²) < 4.78 is 0. The third-order valence-corrected chi connectivity index (χ3v) is 3.59. The van der Waals surface area contributed by atoms with E-state index in [1.807, 2.05) is 0 Å². The highest BCUT2D eigenvalue weighted by Gasteiger charge is 2.29. The molecular weight excluding hydrogens is 228 g/mol. The summed E-state index contributed by atoms with van der Waals surface area (Å²) >= 11 is 0. The van der Waals surface area contributed by atoms with E-state index in [0.717, 1.165) is 24.2 Å². The Kier molecular flexibility index (Phi) is 3.19. The largest absolute Gasteiger partial charge is 0.198 e. The Hall–Kier alpha value is -1.72. The average molecular weight is 248 g/mol. The minimum absolute atomic E-state index is 0.00794. The van der Waals surface area contributed by atoms with Crippen LogP contribution >= 0.6 is 0 Å². The molecule has 0 atom stereocenters. The summed E-state index contributed by atoms with van der Waals surface area (Å²) in [7, 11) is 0. The van der Waals surface area contributed by atoms with Gasteiger partial charge in [-0.1, -0.05) is 27.7 Å². The number of hydrogen-bond donors (Lipinski definition) is 2. The second-order valence-electron chi connectivity index (χ2n) is 5.98. The summed E-state index contributed by atoms with van der Waals surface area (Å²) in [5.74, 6) is 0. The van der Waals surface area contributed by atoms with Gasteiger partial charge in [0.05, 0.1) is 23.8 Å². The number of aromatic nitrogens is 6. The van der Waals surface area contributed by atoms with Crippen LogP contribution in [0.15, 0.2) is 12.4 Å². The van der Waals surface area contributed by atoms with Crippen molar-refractivity contribution in [3.8, 4) is 0 Å². The molecule has 2 aromatic heterocycles. The van der Waals surface area contributed by atoms with E-state index in [4.69, 9.17) is 0 Å². The Labute approximate surface area is 107 Å². The van der Waals surface area contributed by atoms with Gasteiger partial charge in [-0.05, 0) is 12.8 Å². The lowest BCUT2D eigenvalue weighted by Gasteiger charge is -2.28. The molecule has 6 heteroatoms. The first kappa shape index (κ1) is 12.7. The van der Waals surface area contributed by atoms with E-state index in [9.17, 15) is 0 Å². The average Bonchev–Trinajstić information content (AvgIpc) is 2.99. The van der Waals surface area contributed by atoms with E-state index in [-0.39, 0.29) is 10.8 Å². The van der Waals surface area contributed by atoms with Gasteiger partial charge in [-0.3, -0.25) is 0 Å². The number of nitrogens with one attached hydrogen (secondary N) is 2. The highest BCUT2D eigenvalue weighted by Crippen LogP contribution is 2.33. The van der Waals surface area contributed by atoms with Gasteiger partial charge in [0, 0.05) is 10.8 Å². The molecule has 2 aromatic rings. The first-order chi connectivity index (χ1) is 8.42. The minimum Gasteiger partial charge on any atom is -0.198 e. The summed E-state index contributed by atoms with van der Waals surface area (Å²) in [5.41, 5.74) is 2.01. The number of aromatic amines is 2. The zero-order valence-electron chi connectivity index (χ0n) is 11.4. The van der Waals surface area contributed by atoms with Gasteiger partial charge in [0.2, 0.25) is 0 Å². The monoisotopic (exact) mass is 248 g/mol. The first-order valence-corrected chi connectivity index (χ1v) is 6.14. The molecule has 2 heterocycles. The van der Waals surface area contributed by atoms with Crippen LogP contribution in [-0.2, 0) is 10.8 Å². The van der Waals surface area contributed by atoms with Crippen molar-refractivity contribution in [2.24, 2.45) is 0 Å². The number of H-pyrrole nitrogens is 2. The van der Waals surface area contributed by atoms with Crippen molar-refractivity contribution in [3.05, 3.63) is 23.8 Å². The van der Waals surface area contributed by atoms with Gasteiger partial charge < -0.3 is 0 Å². The van der Waals surface area contributed by atoms with Gasteiger partial charge in [0.15, 0.2) is 0 Å². The van der Waals surface area contributed by atoms with Gasteiger partial charge in [-0.25, -0.2) is 0 Å². The fourth-order valence-electron chi connectivity index (χ4n) is 1.94. The van der Waals surface area contributed by atoms with E-state index in [2.05, 4.69) is 58.5 Å². The van der Waals surface area contributed by atoms with Crippen molar-refractivity contribution in [2.45, 2.75) is 51.4 Å². The van der Waals surface area contributed by atoms with Gasteiger partial charge in [0.1, 0.15) is 0 Å². The summed E-state index contributed by atoms with van der Waals surface area (Å²) in [5, 5.41) is 21.5. The molecule has 2 N–H and O–H groups in total. The van der Waals surface area contributed by atoms with Crippen LogP contribution < -0.4 is 0 Å². The lowest BCUT2D eigenvalue weighted by Crippen LogP contribution is -2.25. The lowest BCUT2D eigenvalue weighted by molar-refractivity contribution is 0.363. The molecular formula is C12H20N6. The molecule has 0 saturated heterocycles. The zero-order valence-corrected chi connectivity index (χ0v) is 11.4. The minimum atomic E-state index is 0.00794.